The molecule has 0 N–H and O–H groups in total. The first-order valence-corrected chi connectivity index (χ1v) is 11.2. The molecule has 1 aromatic carbocycles. The molecule has 6 heteroatoms. The van der Waals surface area contributed by atoms with Gasteiger partial charge in [0.15, 0.2) is 11.0 Å². The quantitative estimate of drug-likeness (QED) is 0.541. The van der Waals surface area contributed by atoms with Crippen molar-refractivity contribution in [3.63, 3.8) is 0 Å². The van der Waals surface area contributed by atoms with Gasteiger partial charge in [0.1, 0.15) is 0 Å². The highest BCUT2D eigenvalue weighted by Gasteiger charge is 2.32. The van der Waals surface area contributed by atoms with Gasteiger partial charge in [-0.2, -0.15) is 0 Å². The number of carbonyl (C=O) groups is 1. The summed E-state index contributed by atoms with van der Waals surface area (Å²) in [4.78, 5) is 14.9. The molecule has 1 aliphatic heterocycles. The van der Waals surface area contributed by atoms with Crippen molar-refractivity contribution >= 4 is 17.7 Å². The molecule has 5 nitrogen and oxygen atoms in total. The Kier molecular flexibility index (Phi) is 6.15. The van der Waals surface area contributed by atoms with E-state index in [1.54, 1.807) is 0 Å². The molecule has 28 heavy (non-hydrogen) atoms. The van der Waals surface area contributed by atoms with E-state index >= 15 is 0 Å². The molecule has 2 heterocycles. The Morgan fingerprint density at radius 3 is 2.71 bits per heavy atom. The van der Waals surface area contributed by atoms with E-state index in [-0.39, 0.29) is 5.91 Å². The number of allylic oxidation sites excluding steroid dienone is 1. The lowest BCUT2D eigenvalue weighted by Gasteiger charge is -2.41. The molecule has 2 atom stereocenters. The van der Waals surface area contributed by atoms with E-state index < -0.39 is 0 Å². The van der Waals surface area contributed by atoms with Gasteiger partial charge in [-0.1, -0.05) is 67.4 Å². The van der Waals surface area contributed by atoms with Gasteiger partial charge in [-0.05, 0) is 24.7 Å². The van der Waals surface area contributed by atoms with Gasteiger partial charge in [0.05, 0.1) is 5.75 Å². The minimum atomic E-state index is 0.225. The number of amides is 1. The normalized spacial score (nSPS) is 21.9. The van der Waals surface area contributed by atoms with Crippen LogP contribution in [0, 0.1) is 11.8 Å². The molecule has 1 amide bonds. The van der Waals surface area contributed by atoms with E-state index in [0.29, 0.717) is 18.2 Å². The number of hydrogen-bond donors (Lipinski definition) is 0. The molecule has 2 aliphatic rings. The van der Waals surface area contributed by atoms with Crippen molar-refractivity contribution in [2.45, 2.75) is 43.8 Å². The second-order valence-electron chi connectivity index (χ2n) is 7.79. The second kappa shape index (κ2) is 8.95. The predicted octanol–water partition coefficient (Wildman–Crippen LogP) is 4.26. The summed E-state index contributed by atoms with van der Waals surface area (Å²) >= 11 is 1.48. The number of carbonyl (C=O) groups excluding carboxylic acids is 1. The van der Waals surface area contributed by atoms with Gasteiger partial charge < -0.3 is 4.90 Å². The van der Waals surface area contributed by atoms with Crippen molar-refractivity contribution in [3.8, 4) is 11.4 Å². The maximum Gasteiger partial charge on any atom is 0.233 e. The van der Waals surface area contributed by atoms with Crippen LogP contribution in [0.4, 0.5) is 0 Å². The lowest BCUT2D eigenvalue weighted by atomic mass is 9.75. The smallest absolute Gasteiger partial charge is 0.233 e. The summed E-state index contributed by atoms with van der Waals surface area (Å²) in [7, 11) is 0. The van der Waals surface area contributed by atoms with Gasteiger partial charge in [0, 0.05) is 25.2 Å². The van der Waals surface area contributed by atoms with Crippen LogP contribution in [0.15, 0.2) is 48.1 Å². The number of nitrogens with zero attached hydrogens (tertiary/aromatic N) is 4. The van der Waals surface area contributed by atoms with Crippen molar-refractivity contribution in [2.75, 3.05) is 18.8 Å². The van der Waals surface area contributed by atoms with Gasteiger partial charge >= 0.3 is 0 Å². The van der Waals surface area contributed by atoms with Crippen LogP contribution in [-0.2, 0) is 11.3 Å². The first kappa shape index (κ1) is 19.2. The third-order valence-electron chi connectivity index (χ3n) is 6.03. The number of benzene rings is 1. The number of thioether (sulfide) groups is 1. The number of aromatic nitrogens is 3. The zero-order valence-electron chi connectivity index (χ0n) is 16.3. The summed E-state index contributed by atoms with van der Waals surface area (Å²) < 4.78 is 2.04. The number of fused-ring (bicyclic) bond motifs is 1. The number of likely N-dealkylation sites (tertiary alicyclic amines) is 1. The third-order valence-corrected chi connectivity index (χ3v) is 6.98. The fourth-order valence-electron chi connectivity index (χ4n) is 4.53. The lowest BCUT2D eigenvalue weighted by Crippen LogP contribution is -2.45. The number of rotatable bonds is 6. The zero-order valence-corrected chi connectivity index (χ0v) is 17.1. The summed E-state index contributed by atoms with van der Waals surface area (Å²) in [6.07, 6.45) is 8.35. The van der Waals surface area contributed by atoms with E-state index in [4.69, 9.17) is 0 Å². The Labute approximate surface area is 171 Å². The standard InChI is InChI=1S/C22H28N4OS/c1-2-13-26-21(18-9-4-3-5-10-18)23-24-22(26)28-16-20(27)25-14-12-17-8-6-7-11-19(17)15-25/h2-5,9-10,17,19H,1,6-8,11-16H2/t17-,19-/m0/s1. The first-order valence-electron chi connectivity index (χ1n) is 10.3. The fraction of sp³-hybridized carbons (Fsp3) is 0.500. The van der Waals surface area contributed by atoms with E-state index in [1.807, 2.05) is 41.0 Å². The summed E-state index contributed by atoms with van der Waals surface area (Å²) in [5.41, 5.74) is 1.02. The van der Waals surface area contributed by atoms with Crippen LogP contribution in [0.1, 0.15) is 32.1 Å². The van der Waals surface area contributed by atoms with Crippen LogP contribution >= 0.6 is 11.8 Å². The molecule has 1 saturated heterocycles. The molecule has 0 radical (unpaired) electrons. The topological polar surface area (TPSA) is 51.0 Å². The van der Waals surface area contributed by atoms with Crippen LogP contribution in [-0.4, -0.2) is 44.4 Å². The SMILES string of the molecule is C=CCn1c(SCC(=O)N2CC[C@@H]3CCCC[C@H]3C2)nnc1-c1ccccc1. The van der Waals surface area contributed by atoms with Crippen molar-refractivity contribution in [2.24, 2.45) is 11.8 Å². The lowest BCUT2D eigenvalue weighted by molar-refractivity contribution is -0.131. The van der Waals surface area contributed by atoms with Crippen molar-refractivity contribution in [3.05, 3.63) is 43.0 Å². The van der Waals surface area contributed by atoms with Crippen LogP contribution in [0.2, 0.25) is 0 Å². The van der Waals surface area contributed by atoms with Crippen molar-refractivity contribution in [1.82, 2.24) is 19.7 Å². The average Bonchev–Trinajstić information content (AvgIpc) is 3.15. The first-order chi connectivity index (χ1) is 13.8. The molecule has 2 aromatic rings. The maximum atomic E-state index is 12.8. The Balaban J connectivity index is 1.41. The summed E-state index contributed by atoms with van der Waals surface area (Å²) in [6, 6.07) is 10.0. The zero-order chi connectivity index (χ0) is 19.3. The minimum Gasteiger partial charge on any atom is -0.342 e. The predicted molar refractivity (Wildman–Crippen MR) is 113 cm³/mol. The summed E-state index contributed by atoms with van der Waals surface area (Å²) in [5.74, 6) is 3.02. The molecule has 2 fully saturated rings. The van der Waals surface area contributed by atoms with Gasteiger partial charge in [-0.15, -0.1) is 16.8 Å². The fourth-order valence-corrected chi connectivity index (χ4v) is 5.39. The monoisotopic (exact) mass is 396 g/mol. The summed E-state index contributed by atoms with van der Waals surface area (Å²) in [5, 5.41) is 9.50. The largest absolute Gasteiger partial charge is 0.342 e. The molecule has 0 bridgehead atoms. The second-order valence-corrected chi connectivity index (χ2v) is 8.74. The Bertz CT molecular complexity index is 819. The van der Waals surface area contributed by atoms with E-state index in [1.165, 1.54) is 43.9 Å². The molecule has 1 aromatic heterocycles. The Morgan fingerprint density at radius 1 is 1.14 bits per heavy atom. The van der Waals surface area contributed by atoms with Crippen molar-refractivity contribution in [1.29, 1.82) is 0 Å². The van der Waals surface area contributed by atoms with Crippen LogP contribution in [0.25, 0.3) is 11.4 Å². The number of hydrogen-bond acceptors (Lipinski definition) is 4. The van der Waals surface area contributed by atoms with Gasteiger partial charge in [-0.3, -0.25) is 9.36 Å². The molecular formula is C22H28N4OS. The van der Waals surface area contributed by atoms with E-state index in [2.05, 4.69) is 21.7 Å². The highest BCUT2D eigenvalue weighted by Crippen LogP contribution is 2.36. The summed E-state index contributed by atoms with van der Waals surface area (Å²) in [6.45, 7) is 6.34. The number of piperidine rings is 1. The molecule has 1 aliphatic carbocycles. The van der Waals surface area contributed by atoms with Crippen molar-refractivity contribution < 1.29 is 4.79 Å². The average molecular weight is 397 g/mol. The van der Waals surface area contributed by atoms with Gasteiger partial charge in [0.25, 0.3) is 0 Å². The molecule has 1 saturated carbocycles. The Morgan fingerprint density at radius 2 is 1.93 bits per heavy atom. The van der Waals surface area contributed by atoms with Crippen LogP contribution in [0.5, 0.6) is 0 Å². The van der Waals surface area contributed by atoms with Crippen LogP contribution < -0.4 is 0 Å². The molecule has 0 spiro atoms. The molecule has 148 valence electrons. The van der Waals surface area contributed by atoms with E-state index in [9.17, 15) is 4.79 Å². The van der Waals surface area contributed by atoms with E-state index in [0.717, 1.165) is 35.6 Å². The minimum absolute atomic E-state index is 0.225. The molecular weight excluding hydrogens is 368 g/mol. The highest BCUT2D eigenvalue weighted by molar-refractivity contribution is 7.99. The molecule has 4 rings (SSSR count). The molecule has 0 unspecified atom stereocenters. The maximum absolute atomic E-state index is 12.8. The van der Waals surface area contributed by atoms with Crippen LogP contribution in [0.3, 0.4) is 0 Å². The van der Waals surface area contributed by atoms with Gasteiger partial charge in [0.2, 0.25) is 5.91 Å². The van der Waals surface area contributed by atoms with Gasteiger partial charge in [-0.25, -0.2) is 0 Å². The third kappa shape index (κ3) is 4.17. The highest BCUT2D eigenvalue weighted by atomic mass is 32.2. The Hall–Kier alpha value is -2.08.